The minimum Gasteiger partial charge on any atom is -0.457 e. The molecule has 3 fully saturated rings. The third-order valence-electron chi connectivity index (χ3n) is 24.0. The molecule has 9 N–H and O–H groups in total. The average Bonchev–Trinajstić information content (AvgIpc) is 1.56. The van der Waals surface area contributed by atoms with Crippen molar-refractivity contribution >= 4 is 198 Å². The van der Waals surface area contributed by atoms with Crippen molar-refractivity contribution < 1.29 is 62.0 Å². The average molecular weight is 1920 g/mol. The molecule has 6 aromatic heterocycles. The summed E-state index contributed by atoms with van der Waals surface area (Å²) in [6, 6.07) is 51.2. The molecule has 0 radical (unpaired) electrons. The quantitative estimate of drug-likeness (QED) is 0.0373. The van der Waals surface area contributed by atoms with Crippen molar-refractivity contribution in [1.82, 2.24) is 35.0 Å². The first-order valence-electron chi connectivity index (χ1n) is 44.0. The Hall–Kier alpha value is -14.8. The van der Waals surface area contributed by atoms with Crippen molar-refractivity contribution in [2.75, 3.05) is 106 Å². The summed E-state index contributed by atoms with van der Waals surface area (Å²) in [5.74, 6) is 1.51. The highest BCUT2D eigenvalue weighted by atomic mass is 35.5. The number of benzene rings is 7. The second kappa shape index (κ2) is 38.7. The Labute approximate surface area is 801 Å². The van der Waals surface area contributed by atoms with Gasteiger partial charge in [-0.1, -0.05) is 84.2 Å². The molecule has 0 spiro atoms. The van der Waals surface area contributed by atoms with Crippen LogP contribution in [0.15, 0.2) is 170 Å². The van der Waals surface area contributed by atoms with Gasteiger partial charge in [0.2, 0.25) is 13.6 Å². The summed E-state index contributed by atoms with van der Waals surface area (Å²) >= 11 is 16.5. The number of para-hydroxylation sites is 1. The molecule has 8 aliphatic heterocycles. The van der Waals surface area contributed by atoms with Crippen LogP contribution in [0.4, 0.5) is 87.4 Å². The Balaban J connectivity index is 0.000000131. The number of thiophene rings is 3. The van der Waals surface area contributed by atoms with Gasteiger partial charge < -0.3 is 76.3 Å². The smallest absolute Gasteiger partial charge is 0.407 e. The van der Waals surface area contributed by atoms with Gasteiger partial charge >= 0.3 is 24.2 Å². The summed E-state index contributed by atoms with van der Waals surface area (Å²) in [5.41, 5.74) is 14.1. The molecule has 0 unspecified atom stereocenters. The van der Waals surface area contributed by atoms with E-state index in [0.717, 1.165) is 112 Å². The molecular weight excluding hydrogens is 1830 g/mol. The number of fused-ring (bicyclic) bond motifs is 2. The number of nitrogens with zero attached hydrogens (tertiary/aromatic N) is 12. The van der Waals surface area contributed by atoms with Gasteiger partial charge in [-0.3, -0.25) is 38.9 Å². The zero-order valence-corrected chi connectivity index (χ0v) is 77.4. The molecule has 7 aromatic carbocycles. The number of carbonyl (C=O) groups is 7. The van der Waals surface area contributed by atoms with E-state index in [2.05, 4.69) is 85.1 Å². The number of anilines is 12. The van der Waals surface area contributed by atoms with Gasteiger partial charge in [-0.05, 0) is 206 Å². The van der Waals surface area contributed by atoms with Crippen molar-refractivity contribution in [3.05, 3.63) is 228 Å². The van der Waals surface area contributed by atoms with Crippen LogP contribution in [0.25, 0.3) is 30.6 Å². The number of amides is 10. The number of hydrogen-bond donors (Lipinski definition) is 8. The maximum Gasteiger partial charge on any atom is 0.407 e. The van der Waals surface area contributed by atoms with E-state index in [1.165, 1.54) is 82.5 Å². The molecule has 0 saturated carbocycles. The standard InChI is InChI=1S/C35H30N6O3S.C34H32ClN7O6S.C29H24ClN7O4S/c36-21-24-22-37-34-29-30(32(45-34)33(42)38-25-11-9-23(10-12-25)17-20-40-18-5-2-6-19-40)39-35(43)41(31(24)29)26-13-15-28(16-14-26)44-27-7-3-1-4-8-27;1-34(2,3)48-33(45)39-21-10-12-41(13-11-21)16-18-4-6-20(7-5-18)38-30(43)29-25-24-26(19(14-36)15-37-31(24)49-29)42(32(44)40-25)27-22(35)8-9-23-28(27)47-17-46-23;30-19-5-6-20-25(41-14-40-20)24(19)37-23-16(11-31)12-33-28-21(23)22(35-29(37)39)26(42-28)27(38)34-18-3-1-15(2-4-18)13-36-9-7-17(32)8-10-36/h1,3-4,7-16,22H,2,5-6,17-20H2,(H,38,42)(H,39,43);4-9,15,21H,10-13,16-17H2,1-3H3,(H,38,43)(H,39,45)(H,40,44);1-6,12,17H,7-10,13-14,32H2,(H,34,38)(H,35,39). The number of hydrogen-bond acceptors (Lipinski definition) is 26. The molecule has 3 saturated heterocycles. The molecule has 33 nitrogen and oxygen atoms in total. The first-order valence-corrected chi connectivity index (χ1v) is 47.2. The Kier molecular flexibility index (Phi) is 25.7. The van der Waals surface area contributed by atoms with Gasteiger partial charge in [-0.25, -0.2) is 34.1 Å². The van der Waals surface area contributed by atoms with Crippen molar-refractivity contribution in [1.29, 1.82) is 15.8 Å². The third-order valence-corrected chi connectivity index (χ3v) is 27.9. The fourth-order valence-electron chi connectivity index (χ4n) is 17.5. The molecule has 688 valence electrons. The predicted octanol–water partition coefficient (Wildman–Crippen LogP) is 20.3. The van der Waals surface area contributed by atoms with E-state index in [-0.39, 0.29) is 120 Å². The molecule has 10 amide bonds. The highest BCUT2D eigenvalue weighted by Gasteiger charge is 2.43. The Morgan fingerprint density at radius 2 is 0.890 bits per heavy atom. The van der Waals surface area contributed by atoms with E-state index >= 15 is 0 Å². The lowest BCUT2D eigenvalue weighted by Crippen LogP contribution is -2.45. The van der Waals surface area contributed by atoms with Crippen LogP contribution in [-0.4, -0.2) is 149 Å². The maximum absolute atomic E-state index is 13.7. The van der Waals surface area contributed by atoms with Crippen molar-refractivity contribution in [3.8, 4) is 52.7 Å². The normalized spacial score (nSPS) is 15.6. The second-order valence-electron chi connectivity index (χ2n) is 34.2. The summed E-state index contributed by atoms with van der Waals surface area (Å²) in [7, 11) is 0. The fourth-order valence-corrected chi connectivity index (χ4v) is 20.9. The Bertz CT molecular complexity index is 7060. The predicted molar refractivity (Wildman–Crippen MR) is 522 cm³/mol. The number of nitrogens with one attached hydrogen (secondary N) is 7. The number of aromatic nitrogens is 3. The highest BCUT2D eigenvalue weighted by Crippen LogP contribution is 2.57. The topological polar surface area (TPSA) is 415 Å². The number of pyridine rings is 3. The number of carbonyl (C=O) groups excluding carboxylic acids is 7. The van der Waals surface area contributed by atoms with E-state index in [0.29, 0.717) is 92.6 Å². The van der Waals surface area contributed by atoms with Crippen molar-refractivity contribution in [2.45, 2.75) is 103 Å². The zero-order chi connectivity index (χ0) is 94.2. The lowest BCUT2D eigenvalue weighted by molar-refractivity contribution is 0.0476. The molecule has 13 aromatic rings. The summed E-state index contributed by atoms with van der Waals surface area (Å²) in [6.07, 6.45) is 12.3. The molecule has 0 aliphatic carbocycles. The Morgan fingerprint density at radius 3 is 1.32 bits per heavy atom. The van der Waals surface area contributed by atoms with Gasteiger partial charge in [0.05, 0.1) is 82.7 Å². The number of nitrogens with two attached hydrogens (primary N) is 1. The monoisotopic (exact) mass is 1920 g/mol. The largest absolute Gasteiger partial charge is 0.457 e. The summed E-state index contributed by atoms with van der Waals surface area (Å²) < 4.78 is 33.6. The molecule has 21 rings (SSSR count). The second-order valence-corrected chi connectivity index (χ2v) is 38.0. The van der Waals surface area contributed by atoms with Gasteiger partial charge in [0, 0.05) is 80.5 Å². The molecule has 0 atom stereocenters. The van der Waals surface area contributed by atoms with E-state index < -0.39 is 35.5 Å². The number of rotatable bonds is 19. The first-order chi connectivity index (χ1) is 66.0. The Morgan fingerprint density at radius 1 is 0.485 bits per heavy atom. The number of piperidine rings is 3. The highest BCUT2D eigenvalue weighted by molar-refractivity contribution is 7.22. The number of ether oxygens (including phenoxy) is 6. The van der Waals surface area contributed by atoms with Crippen LogP contribution >= 0.6 is 57.2 Å². The van der Waals surface area contributed by atoms with Crippen molar-refractivity contribution in [3.63, 3.8) is 0 Å². The summed E-state index contributed by atoms with van der Waals surface area (Å²) in [6.45, 7) is 14.0. The molecule has 8 aliphatic rings. The zero-order valence-electron chi connectivity index (χ0n) is 73.5. The number of urea groups is 3. The van der Waals surface area contributed by atoms with E-state index in [9.17, 15) is 49.3 Å². The van der Waals surface area contributed by atoms with Crippen LogP contribution in [0, 0.1) is 34.0 Å². The lowest BCUT2D eigenvalue weighted by atomic mass is 10.0. The van der Waals surface area contributed by atoms with Gasteiger partial charge in [0.15, 0.2) is 23.0 Å². The van der Waals surface area contributed by atoms with Gasteiger partial charge in [0.1, 0.15) is 75.8 Å². The minimum atomic E-state index is -0.622. The molecule has 38 heteroatoms. The SMILES string of the molecule is CC(C)(C)OC(=O)NC1CCN(Cc2ccc(NC(=O)c3sc4ncc(C#N)c5c4c3NC(=O)N5c3c(Cl)ccc4c3OCO4)cc2)CC1.N#Cc1cnc2sc(C(=O)Nc3ccc(CCN4CCCCC4)cc3)c3c2c1N(c1ccc(Oc2ccccc2)cc1)C(=O)N3.N#Cc1cnc2sc(C(=O)Nc3ccc(CN4CCC(N)CC4)cc3)c3c2c1N(c1c(Cl)ccc2c1OCO2)C(=O)N3. The van der Waals surface area contributed by atoms with Crippen LogP contribution < -0.4 is 81.3 Å². The summed E-state index contributed by atoms with van der Waals surface area (Å²) in [5, 5.41) is 52.2. The van der Waals surface area contributed by atoms with Gasteiger partial charge in [-0.2, -0.15) is 15.8 Å². The van der Waals surface area contributed by atoms with E-state index in [1.807, 2.05) is 124 Å². The third kappa shape index (κ3) is 18.7. The first kappa shape index (κ1) is 90.4. The molecule has 136 heavy (non-hydrogen) atoms. The summed E-state index contributed by atoms with van der Waals surface area (Å²) in [4.78, 5) is 121. The molecular formula is C98H86Cl2N20O13S3. The van der Waals surface area contributed by atoms with Crippen LogP contribution in [0.2, 0.25) is 10.0 Å². The van der Waals surface area contributed by atoms with Crippen LogP contribution in [-0.2, 0) is 24.2 Å². The van der Waals surface area contributed by atoms with Gasteiger partial charge in [-0.15, -0.1) is 34.0 Å². The van der Waals surface area contributed by atoms with Crippen LogP contribution in [0.5, 0.6) is 34.5 Å². The lowest BCUT2D eigenvalue weighted by Gasteiger charge is -2.32. The number of alkyl carbamates (subject to hydrolysis) is 1. The van der Waals surface area contributed by atoms with E-state index in [1.54, 1.807) is 48.5 Å². The van der Waals surface area contributed by atoms with Crippen LogP contribution in [0.1, 0.15) is 128 Å². The van der Waals surface area contributed by atoms with Gasteiger partial charge in [0.25, 0.3) is 17.7 Å². The molecule has 0 bridgehead atoms. The van der Waals surface area contributed by atoms with Crippen LogP contribution in [0.3, 0.4) is 0 Å². The van der Waals surface area contributed by atoms with Crippen molar-refractivity contribution in [2.24, 2.45) is 5.73 Å². The maximum atomic E-state index is 13.7. The van der Waals surface area contributed by atoms with E-state index in [4.69, 9.17) is 57.4 Å². The number of likely N-dealkylation sites (tertiary alicyclic amines) is 3. The fraction of sp³-hybridized carbons (Fsp3) is 0.255. The number of halogens is 2. The minimum absolute atomic E-state index is 0.0308. The number of nitriles is 3. The molecule has 14 heterocycles.